The Morgan fingerprint density at radius 2 is 1.90 bits per heavy atom. The SMILES string of the molecule is CCOc1ccc(C(CC)Nc2cncc(C)n2)cc1. The molecule has 0 aliphatic heterocycles. The predicted molar refractivity (Wildman–Crippen MR) is 81.0 cm³/mol. The molecule has 1 aromatic carbocycles. The molecule has 4 nitrogen and oxygen atoms in total. The van der Waals surface area contributed by atoms with Gasteiger partial charge in [0.15, 0.2) is 0 Å². The van der Waals surface area contributed by atoms with Gasteiger partial charge >= 0.3 is 0 Å². The van der Waals surface area contributed by atoms with Crippen LogP contribution in [0.5, 0.6) is 5.75 Å². The number of ether oxygens (including phenoxy) is 1. The number of anilines is 1. The summed E-state index contributed by atoms with van der Waals surface area (Å²) in [5, 5.41) is 3.42. The molecule has 0 aliphatic carbocycles. The Morgan fingerprint density at radius 3 is 2.50 bits per heavy atom. The zero-order chi connectivity index (χ0) is 14.4. The molecule has 0 bridgehead atoms. The first-order valence-corrected chi connectivity index (χ1v) is 7.00. The number of nitrogens with one attached hydrogen (secondary N) is 1. The van der Waals surface area contributed by atoms with Crippen molar-refractivity contribution < 1.29 is 4.74 Å². The third-order valence-electron chi connectivity index (χ3n) is 3.08. The molecule has 0 spiro atoms. The second kappa shape index (κ2) is 6.89. The number of hydrogen-bond donors (Lipinski definition) is 1. The largest absolute Gasteiger partial charge is 0.494 e. The summed E-state index contributed by atoms with van der Waals surface area (Å²) in [5.74, 6) is 1.71. The summed E-state index contributed by atoms with van der Waals surface area (Å²) in [4.78, 5) is 8.59. The van der Waals surface area contributed by atoms with Crippen LogP contribution in [0.15, 0.2) is 36.7 Å². The second-order valence-corrected chi connectivity index (χ2v) is 4.65. The molecule has 0 saturated carbocycles. The van der Waals surface area contributed by atoms with Gasteiger partial charge in [0.2, 0.25) is 0 Å². The van der Waals surface area contributed by atoms with Crippen molar-refractivity contribution in [3.63, 3.8) is 0 Å². The normalized spacial score (nSPS) is 11.9. The average molecular weight is 271 g/mol. The quantitative estimate of drug-likeness (QED) is 0.869. The van der Waals surface area contributed by atoms with E-state index in [0.717, 1.165) is 23.7 Å². The van der Waals surface area contributed by atoms with Gasteiger partial charge < -0.3 is 10.1 Å². The van der Waals surface area contributed by atoms with Gasteiger partial charge in [0.25, 0.3) is 0 Å². The highest BCUT2D eigenvalue weighted by atomic mass is 16.5. The van der Waals surface area contributed by atoms with Crippen LogP contribution in [-0.2, 0) is 0 Å². The Bertz CT molecular complexity index is 540. The molecule has 20 heavy (non-hydrogen) atoms. The third-order valence-corrected chi connectivity index (χ3v) is 3.08. The maximum absolute atomic E-state index is 5.47. The summed E-state index contributed by atoms with van der Waals surface area (Å²) >= 11 is 0. The monoisotopic (exact) mass is 271 g/mol. The van der Waals surface area contributed by atoms with E-state index in [9.17, 15) is 0 Å². The molecule has 1 aromatic heterocycles. The number of nitrogens with zero attached hydrogens (tertiary/aromatic N) is 2. The van der Waals surface area contributed by atoms with E-state index in [-0.39, 0.29) is 6.04 Å². The Hall–Kier alpha value is -2.10. The van der Waals surface area contributed by atoms with Gasteiger partial charge in [0, 0.05) is 6.20 Å². The number of aromatic nitrogens is 2. The lowest BCUT2D eigenvalue weighted by atomic mass is 10.0. The van der Waals surface area contributed by atoms with E-state index in [1.165, 1.54) is 5.56 Å². The van der Waals surface area contributed by atoms with Crippen molar-refractivity contribution in [2.45, 2.75) is 33.2 Å². The van der Waals surface area contributed by atoms with E-state index in [1.807, 2.05) is 26.0 Å². The minimum atomic E-state index is 0.224. The molecule has 1 atom stereocenters. The molecule has 0 aliphatic rings. The topological polar surface area (TPSA) is 47.0 Å². The van der Waals surface area contributed by atoms with Crippen LogP contribution in [0.1, 0.15) is 37.6 Å². The van der Waals surface area contributed by atoms with Crippen molar-refractivity contribution in [2.24, 2.45) is 0 Å². The fourth-order valence-corrected chi connectivity index (χ4v) is 2.10. The number of rotatable bonds is 6. The van der Waals surface area contributed by atoms with Gasteiger partial charge in [-0.2, -0.15) is 0 Å². The van der Waals surface area contributed by atoms with Gasteiger partial charge in [-0.15, -0.1) is 0 Å². The van der Waals surface area contributed by atoms with Crippen molar-refractivity contribution in [1.82, 2.24) is 9.97 Å². The zero-order valence-corrected chi connectivity index (χ0v) is 12.3. The summed E-state index contributed by atoms with van der Waals surface area (Å²) in [6.07, 6.45) is 4.48. The van der Waals surface area contributed by atoms with E-state index >= 15 is 0 Å². The lowest BCUT2D eigenvalue weighted by Gasteiger charge is -2.18. The third kappa shape index (κ3) is 3.70. The molecule has 0 fully saturated rings. The Labute approximate surface area is 120 Å². The van der Waals surface area contributed by atoms with Crippen LogP contribution in [0, 0.1) is 6.92 Å². The van der Waals surface area contributed by atoms with Crippen LogP contribution in [0.2, 0.25) is 0 Å². The van der Waals surface area contributed by atoms with Crippen molar-refractivity contribution in [3.8, 4) is 5.75 Å². The molecule has 0 radical (unpaired) electrons. The number of benzene rings is 1. The van der Waals surface area contributed by atoms with Gasteiger partial charge in [-0.1, -0.05) is 19.1 Å². The van der Waals surface area contributed by atoms with E-state index < -0.39 is 0 Å². The fourth-order valence-electron chi connectivity index (χ4n) is 2.10. The lowest BCUT2D eigenvalue weighted by molar-refractivity contribution is 0.340. The van der Waals surface area contributed by atoms with E-state index in [2.05, 4.69) is 34.3 Å². The summed E-state index contributed by atoms with van der Waals surface area (Å²) in [7, 11) is 0. The summed E-state index contributed by atoms with van der Waals surface area (Å²) in [6.45, 7) is 6.77. The molecule has 4 heteroatoms. The lowest BCUT2D eigenvalue weighted by Crippen LogP contribution is -2.11. The second-order valence-electron chi connectivity index (χ2n) is 4.65. The minimum absolute atomic E-state index is 0.224. The van der Waals surface area contributed by atoms with Crippen LogP contribution >= 0.6 is 0 Å². The first-order valence-electron chi connectivity index (χ1n) is 7.00. The van der Waals surface area contributed by atoms with Crippen LogP contribution in [0.25, 0.3) is 0 Å². The molecule has 2 rings (SSSR count). The minimum Gasteiger partial charge on any atom is -0.494 e. The molecule has 1 unspecified atom stereocenters. The molecule has 1 heterocycles. The highest BCUT2D eigenvalue weighted by molar-refractivity contribution is 5.38. The van der Waals surface area contributed by atoms with E-state index in [1.54, 1.807) is 12.4 Å². The van der Waals surface area contributed by atoms with Crippen LogP contribution in [-0.4, -0.2) is 16.6 Å². The first-order chi connectivity index (χ1) is 9.72. The highest BCUT2D eigenvalue weighted by Crippen LogP contribution is 2.23. The molecular weight excluding hydrogens is 250 g/mol. The van der Waals surface area contributed by atoms with Crippen LogP contribution < -0.4 is 10.1 Å². The van der Waals surface area contributed by atoms with Crippen molar-refractivity contribution >= 4 is 5.82 Å². The van der Waals surface area contributed by atoms with Gasteiger partial charge in [-0.05, 0) is 38.0 Å². The van der Waals surface area contributed by atoms with Gasteiger partial charge in [0.1, 0.15) is 11.6 Å². The predicted octanol–water partition coefficient (Wildman–Crippen LogP) is 3.75. The summed E-state index contributed by atoms with van der Waals surface area (Å²) in [6, 6.07) is 8.42. The average Bonchev–Trinajstić information content (AvgIpc) is 2.46. The van der Waals surface area contributed by atoms with E-state index in [4.69, 9.17) is 4.74 Å². The molecule has 106 valence electrons. The van der Waals surface area contributed by atoms with Gasteiger partial charge in [-0.25, -0.2) is 4.98 Å². The number of hydrogen-bond acceptors (Lipinski definition) is 4. The highest BCUT2D eigenvalue weighted by Gasteiger charge is 2.10. The standard InChI is InChI=1S/C16H21N3O/c1-4-15(19-16-11-17-10-12(3)18-16)13-6-8-14(9-7-13)20-5-2/h6-11,15H,4-5H2,1-3H3,(H,18,19). The fraction of sp³-hybridized carbons (Fsp3) is 0.375. The molecule has 0 amide bonds. The van der Waals surface area contributed by atoms with Crippen molar-refractivity contribution in [2.75, 3.05) is 11.9 Å². The smallest absolute Gasteiger partial charge is 0.145 e. The molecular formula is C16H21N3O. The van der Waals surface area contributed by atoms with Crippen LogP contribution in [0.4, 0.5) is 5.82 Å². The number of aryl methyl sites for hydroxylation is 1. The molecule has 1 N–H and O–H groups in total. The van der Waals surface area contributed by atoms with Crippen molar-refractivity contribution in [3.05, 3.63) is 47.9 Å². The Kier molecular flexibility index (Phi) is 4.93. The van der Waals surface area contributed by atoms with Crippen LogP contribution in [0.3, 0.4) is 0 Å². The van der Waals surface area contributed by atoms with E-state index in [0.29, 0.717) is 6.61 Å². The molecule has 0 saturated heterocycles. The molecule has 2 aromatic rings. The summed E-state index contributed by atoms with van der Waals surface area (Å²) < 4.78 is 5.47. The maximum Gasteiger partial charge on any atom is 0.145 e. The summed E-state index contributed by atoms with van der Waals surface area (Å²) in [5.41, 5.74) is 2.14. The van der Waals surface area contributed by atoms with Crippen molar-refractivity contribution in [1.29, 1.82) is 0 Å². The van der Waals surface area contributed by atoms with Gasteiger partial charge in [0.05, 0.1) is 24.5 Å². The Balaban J connectivity index is 2.11. The Morgan fingerprint density at radius 1 is 1.15 bits per heavy atom. The first kappa shape index (κ1) is 14.3. The zero-order valence-electron chi connectivity index (χ0n) is 12.3. The van der Waals surface area contributed by atoms with Gasteiger partial charge in [-0.3, -0.25) is 4.98 Å². The maximum atomic E-state index is 5.47.